The Kier molecular flexibility index (Phi) is 6.33. The van der Waals surface area contributed by atoms with Crippen molar-refractivity contribution in [3.05, 3.63) is 28.2 Å². The van der Waals surface area contributed by atoms with Crippen LogP contribution in [0.2, 0.25) is 10.0 Å². The minimum Gasteiger partial charge on any atom is -0.274 e. The SMILES string of the molecule is CCNC(=[NH+]CC)S[C@@H]1CC(=O)N(c2ccc(Cl)c(Cl)c2)C1=O. The van der Waals surface area contributed by atoms with E-state index >= 15 is 0 Å². The number of thioether (sulfide) groups is 1. The number of hydrogen-bond donors (Lipinski definition) is 2. The van der Waals surface area contributed by atoms with Gasteiger partial charge in [0.2, 0.25) is 11.8 Å². The second-order valence-corrected chi connectivity index (χ2v) is 6.89. The zero-order chi connectivity index (χ0) is 17.0. The molecule has 124 valence electrons. The Bertz CT molecular complexity index is 652. The fourth-order valence-corrected chi connectivity index (χ4v) is 3.67. The minimum atomic E-state index is -0.454. The Morgan fingerprint density at radius 2 is 2.09 bits per heavy atom. The quantitative estimate of drug-likeness (QED) is 0.475. The molecule has 2 N–H and O–H groups in total. The van der Waals surface area contributed by atoms with Gasteiger partial charge in [-0.2, -0.15) is 0 Å². The molecule has 1 aliphatic rings. The smallest absolute Gasteiger partial charge is 0.274 e. The van der Waals surface area contributed by atoms with E-state index in [1.165, 1.54) is 22.7 Å². The van der Waals surface area contributed by atoms with Crippen molar-refractivity contribution in [3.8, 4) is 0 Å². The molecule has 1 atom stereocenters. The van der Waals surface area contributed by atoms with Gasteiger partial charge in [0.05, 0.1) is 28.8 Å². The van der Waals surface area contributed by atoms with Gasteiger partial charge < -0.3 is 0 Å². The van der Waals surface area contributed by atoms with Gasteiger partial charge in [-0.05, 0) is 43.8 Å². The highest BCUT2D eigenvalue weighted by Gasteiger charge is 2.41. The largest absolute Gasteiger partial charge is 0.304 e. The van der Waals surface area contributed by atoms with E-state index in [1.54, 1.807) is 12.1 Å². The number of imide groups is 1. The third-order valence-electron chi connectivity index (χ3n) is 3.20. The summed E-state index contributed by atoms with van der Waals surface area (Å²) in [5, 5.41) is 4.21. The molecule has 8 heteroatoms. The standard InChI is InChI=1S/C15H17Cl2N3O2S/c1-3-18-15(19-4-2)23-12-8-13(21)20(14(12)22)9-5-6-10(16)11(17)7-9/h5-7,12H,3-4,8H2,1-2H3,(H,18,19)/p+1/t12-/m1/s1. The number of rotatable bonds is 4. The molecule has 1 heterocycles. The van der Waals surface area contributed by atoms with E-state index in [2.05, 4.69) is 10.3 Å². The first-order chi connectivity index (χ1) is 11.0. The summed E-state index contributed by atoms with van der Waals surface area (Å²) in [6.07, 6.45) is 0.157. The van der Waals surface area contributed by atoms with Crippen LogP contribution < -0.4 is 15.2 Å². The Labute approximate surface area is 149 Å². The molecule has 0 spiro atoms. The molecule has 0 bridgehead atoms. The van der Waals surface area contributed by atoms with Crippen molar-refractivity contribution in [2.45, 2.75) is 25.5 Å². The Balaban J connectivity index is 2.19. The number of anilines is 1. The molecular weight excluding hydrogens is 357 g/mol. The molecule has 0 saturated carbocycles. The Hall–Kier alpha value is -1.24. The first-order valence-electron chi connectivity index (χ1n) is 7.31. The molecule has 23 heavy (non-hydrogen) atoms. The van der Waals surface area contributed by atoms with Crippen molar-refractivity contribution >= 4 is 57.6 Å². The molecule has 2 amide bonds. The summed E-state index contributed by atoms with van der Waals surface area (Å²) in [6, 6.07) is 4.73. The maximum absolute atomic E-state index is 12.6. The van der Waals surface area contributed by atoms with Crippen molar-refractivity contribution in [1.29, 1.82) is 0 Å². The van der Waals surface area contributed by atoms with Crippen LogP contribution in [0.4, 0.5) is 5.69 Å². The van der Waals surface area contributed by atoms with Crippen molar-refractivity contribution in [2.75, 3.05) is 18.0 Å². The first kappa shape index (κ1) is 18.1. The van der Waals surface area contributed by atoms with E-state index in [4.69, 9.17) is 23.2 Å². The maximum Gasteiger partial charge on any atom is 0.304 e. The van der Waals surface area contributed by atoms with Gasteiger partial charge in [0.1, 0.15) is 5.25 Å². The molecule has 1 aromatic rings. The number of amides is 2. The summed E-state index contributed by atoms with van der Waals surface area (Å²) < 4.78 is 0. The van der Waals surface area contributed by atoms with Crippen LogP contribution in [0.5, 0.6) is 0 Å². The van der Waals surface area contributed by atoms with Crippen molar-refractivity contribution in [1.82, 2.24) is 5.32 Å². The molecule has 1 aromatic carbocycles. The lowest BCUT2D eigenvalue weighted by atomic mass is 10.3. The van der Waals surface area contributed by atoms with Crippen molar-refractivity contribution in [3.63, 3.8) is 0 Å². The number of hydrogen-bond acceptors (Lipinski definition) is 3. The molecular formula is C15H18Cl2N3O2S+. The first-order valence-corrected chi connectivity index (χ1v) is 8.94. The monoisotopic (exact) mass is 374 g/mol. The Morgan fingerprint density at radius 3 is 2.70 bits per heavy atom. The lowest BCUT2D eigenvalue weighted by Crippen LogP contribution is -2.74. The number of nitrogens with one attached hydrogen (secondary N) is 2. The van der Waals surface area contributed by atoms with Crippen LogP contribution in [0, 0.1) is 0 Å². The lowest BCUT2D eigenvalue weighted by molar-refractivity contribution is -0.451. The van der Waals surface area contributed by atoms with Gasteiger partial charge in [-0.1, -0.05) is 23.2 Å². The molecule has 1 aliphatic heterocycles. The molecule has 0 aliphatic carbocycles. The van der Waals surface area contributed by atoms with Crippen LogP contribution in [-0.4, -0.2) is 35.3 Å². The van der Waals surface area contributed by atoms with Gasteiger partial charge in [-0.25, -0.2) is 4.90 Å². The zero-order valence-electron chi connectivity index (χ0n) is 12.9. The summed E-state index contributed by atoms with van der Waals surface area (Å²) in [5.74, 6) is -0.482. The van der Waals surface area contributed by atoms with Crippen LogP contribution in [0.1, 0.15) is 20.3 Å². The number of carbonyl (C=O) groups is 2. The highest BCUT2D eigenvalue weighted by Crippen LogP contribution is 2.33. The van der Waals surface area contributed by atoms with Gasteiger partial charge >= 0.3 is 5.17 Å². The average Bonchev–Trinajstić information content (AvgIpc) is 2.77. The predicted octanol–water partition coefficient (Wildman–Crippen LogP) is 1.42. The van der Waals surface area contributed by atoms with Crippen molar-refractivity contribution in [2.24, 2.45) is 0 Å². The van der Waals surface area contributed by atoms with Gasteiger partial charge in [0.15, 0.2) is 0 Å². The number of carbonyl (C=O) groups excluding carboxylic acids is 2. The fourth-order valence-electron chi connectivity index (χ4n) is 2.20. The van der Waals surface area contributed by atoms with E-state index in [0.29, 0.717) is 15.7 Å². The summed E-state index contributed by atoms with van der Waals surface area (Å²) in [4.78, 5) is 29.2. The molecule has 2 rings (SSSR count). The highest BCUT2D eigenvalue weighted by molar-refractivity contribution is 8.14. The Morgan fingerprint density at radius 1 is 1.35 bits per heavy atom. The zero-order valence-corrected chi connectivity index (χ0v) is 15.2. The summed E-state index contributed by atoms with van der Waals surface area (Å²) in [7, 11) is 0. The number of benzene rings is 1. The lowest BCUT2D eigenvalue weighted by Gasteiger charge is -2.15. The maximum atomic E-state index is 12.6. The second kappa shape index (κ2) is 8.04. The van der Waals surface area contributed by atoms with Crippen LogP contribution in [0.15, 0.2) is 18.2 Å². The molecule has 0 unspecified atom stereocenters. The predicted molar refractivity (Wildman–Crippen MR) is 95.1 cm³/mol. The van der Waals surface area contributed by atoms with E-state index < -0.39 is 5.25 Å². The minimum absolute atomic E-state index is 0.157. The number of halogens is 2. The van der Waals surface area contributed by atoms with Crippen molar-refractivity contribution < 1.29 is 14.6 Å². The van der Waals surface area contributed by atoms with Crippen LogP contribution in [0.25, 0.3) is 0 Å². The van der Waals surface area contributed by atoms with Gasteiger partial charge in [0.25, 0.3) is 0 Å². The third kappa shape index (κ3) is 4.19. The number of nitrogens with zero attached hydrogens (tertiary/aromatic N) is 1. The topological polar surface area (TPSA) is 63.4 Å². The van der Waals surface area contributed by atoms with E-state index in [-0.39, 0.29) is 18.2 Å². The van der Waals surface area contributed by atoms with Gasteiger partial charge in [-0.3, -0.25) is 19.9 Å². The summed E-state index contributed by atoms with van der Waals surface area (Å²) >= 11 is 13.2. The molecule has 0 radical (unpaired) electrons. The third-order valence-corrected chi connectivity index (χ3v) is 5.12. The molecule has 5 nitrogen and oxygen atoms in total. The second-order valence-electron chi connectivity index (χ2n) is 4.87. The molecule has 1 fully saturated rings. The fraction of sp³-hybridized carbons (Fsp3) is 0.400. The van der Waals surface area contributed by atoms with E-state index in [1.807, 2.05) is 13.8 Å². The normalized spacial score (nSPS) is 18.7. The average molecular weight is 375 g/mol. The highest BCUT2D eigenvalue weighted by atomic mass is 35.5. The summed E-state index contributed by atoms with van der Waals surface area (Å²) in [5.41, 5.74) is 0.450. The van der Waals surface area contributed by atoms with Crippen LogP contribution >= 0.6 is 35.0 Å². The van der Waals surface area contributed by atoms with Crippen LogP contribution in [-0.2, 0) is 9.59 Å². The number of amidine groups is 1. The van der Waals surface area contributed by atoms with Gasteiger partial charge in [0, 0.05) is 6.42 Å². The van der Waals surface area contributed by atoms with Gasteiger partial charge in [-0.15, -0.1) is 0 Å². The molecule has 0 aromatic heterocycles. The van der Waals surface area contributed by atoms with E-state index in [0.717, 1.165) is 18.3 Å². The molecule has 1 saturated heterocycles. The van der Waals surface area contributed by atoms with Crippen LogP contribution in [0.3, 0.4) is 0 Å². The van der Waals surface area contributed by atoms with E-state index in [9.17, 15) is 9.59 Å². The summed E-state index contributed by atoms with van der Waals surface area (Å²) in [6.45, 7) is 5.42.